The molecule has 3 heterocycles. The van der Waals surface area contributed by atoms with E-state index in [4.69, 9.17) is 9.73 Å². The smallest absolute Gasteiger partial charge is 0.328 e. The first kappa shape index (κ1) is 18.5. The van der Waals surface area contributed by atoms with Crippen LogP contribution in [0, 0.1) is 6.92 Å². The number of nitrogens with zero attached hydrogens (tertiary/aromatic N) is 5. The number of imide groups is 1. The summed E-state index contributed by atoms with van der Waals surface area (Å²) >= 11 is 0. The van der Waals surface area contributed by atoms with Crippen LogP contribution in [0.2, 0.25) is 0 Å². The van der Waals surface area contributed by atoms with E-state index < -0.39 is 12.2 Å². The summed E-state index contributed by atoms with van der Waals surface area (Å²) in [7, 11) is 1.69. The van der Waals surface area contributed by atoms with E-state index in [1.54, 1.807) is 11.9 Å². The zero-order valence-electron chi connectivity index (χ0n) is 16.6. The van der Waals surface area contributed by atoms with Crippen LogP contribution in [0.5, 0.6) is 0 Å². The number of hydrogen-bond donors (Lipinski definition) is 0. The van der Waals surface area contributed by atoms with Crippen molar-refractivity contribution in [2.75, 3.05) is 31.7 Å². The second-order valence-electron chi connectivity index (χ2n) is 7.22. The number of hydrogen-bond acceptors (Lipinski definition) is 6. The summed E-state index contributed by atoms with van der Waals surface area (Å²) in [5, 5.41) is 0. The first-order valence-electron chi connectivity index (χ1n) is 9.51. The fourth-order valence-electron chi connectivity index (χ4n) is 3.95. The average molecular weight is 383 g/mol. The van der Waals surface area contributed by atoms with Crippen molar-refractivity contribution in [3.63, 3.8) is 0 Å². The number of fused-ring (bicyclic) bond motifs is 3. The third-order valence-corrected chi connectivity index (χ3v) is 5.31. The Kier molecular flexibility index (Phi) is 4.58. The van der Waals surface area contributed by atoms with Crippen LogP contribution >= 0.6 is 0 Å². The number of guanidine groups is 1. The average Bonchev–Trinajstić information content (AvgIpc) is 3.17. The highest BCUT2D eigenvalue weighted by Crippen LogP contribution is 2.36. The van der Waals surface area contributed by atoms with Crippen molar-refractivity contribution in [3.8, 4) is 0 Å². The molecule has 3 aliphatic rings. The number of rotatable bonds is 5. The lowest BCUT2D eigenvalue weighted by Gasteiger charge is -2.40. The van der Waals surface area contributed by atoms with Gasteiger partial charge in [-0.2, -0.15) is 0 Å². The molecule has 0 aromatic heterocycles. The van der Waals surface area contributed by atoms with Gasteiger partial charge in [0.05, 0.1) is 13.2 Å². The van der Waals surface area contributed by atoms with Gasteiger partial charge in [-0.25, -0.2) is 9.79 Å². The predicted molar refractivity (Wildman–Crippen MR) is 106 cm³/mol. The van der Waals surface area contributed by atoms with Crippen molar-refractivity contribution >= 4 is 23.6 Å². The lowest BCUT2D eigenvalue weighted by molar-refractivity contribution is -0.137. The van der Waals surface area contributed by atoms with Gasteiger partial charge in [0.1, 0.15) is 0 Å². The minimum Gasteiger partial charge on any atom is -0.380 e. The lowest BCUT2D eigenvalue weighted by Crippen LogP contribution is -2.64. The molecule has 1 fully saturated rings. The van der Waals surface area contributed by atoms with E-state index in [9.17, 15) is 9.59 Å². The molecule has 0 saturated carbocycles. The Hall–Kier alpha value is -2.87. The highest BCUT2D eigenvalue weighted by atomic mass is 16.5. The van der Waals surface area contributed by atoms with Gasteiger partial charge in [0, 0.05) is 31.2 Å². The molecule has 3 aliphatic heterocycles. The van der Waals surface area contributed by atoms with E-state index in [2.05, 4.69) is 6.07 Å². The van der Waals surface area contributed by atoms with Crippen LogP contribution in [0.3, 0.4) is 0 Å². The molecule has 0 N–H and O–H groups in total. The summed E-state index contributed by atoms with van der Waals surface area (Å²) in [5.41, 5.74) is 3.12. The van der Waals surface area contributed by atoms with Crippen LogP contribution in [0.25, 0.3) is 0 Å². The monoisotopic (exact) mass is 383 g/mol. The topological polar surface area (TPSA) is 68.7 Å². The molecule has 4 rings (SSSR count). The summed E-state index contributed by atoms with van der Waals surface area (Å²) in [6.07, 6.45) is 1.41. The summed E-state index contributed by atoms with van der Waals surface area (Å²) in [6, 6.07) is 7.25. The highest BCUT2D eigenvalue weighted by molar-refractivity contribution is 6.09. The van der Waals surface area contributed by atoms with Crippen LogP contribution in [0.15, 0.2) is 41.2 Å². The second-order valence-corrected chi connectivity index (χ2v) is 7.22. The van der Waals surface area contributed by atoms with Crippen molar-refractivity contribution in [2.24, 2.45) is 4.99 Å². The predicted octanol–water partition coefficient (Wildman–Crippen LogP) is 1.97. The molecular formula is C20H25N5O3. The third kappa shape index (κ3) is 2.75. The fraction of sp³-hybridized carbons (Fsp3) is 0.450. The first-order chi connectivity index (χ1) is 13.4. The van der Waals surface area contributed by atoms with Gasteiger partial charge >= 0.3 is 6.03 Å². The molecule has 0 aliphatic carbocycles. The molecule has 2 unspecified atom stereocenters. The number of aliphatic imine (C=N–C) groups is 1. The van der Waals surface area contributed by atoms with Gasteiger partial charge in [-0.1, -0.05) is 12.1 Å². The maximum atomic E-state index is 13.2. The standard InChI is InChI=1S/C20H25N5O3/c1-5-28-10-9-23-18(26)16-17(22(4)20(23)27)21-19-24(16)12-14(3)25(19)15-8-6-7-13(2)11-15/h6-8,11-12,16-17H,5,9-10H2,1-4H3. The molecule has 8 nitrogen and oxygen atoms in total. The Balaban J connectivity index is 1.65. The number of allylic oxidation sites excluding steroid dienone is 1. The van der Waals surface area contributed by atoms with Gasteiger partial charge in [-0.3, -0.25) is 14.6 Å². The molecule has 0 bridgehead atoms. The molecule has 1 saturated heterocycles. The Morgan fingerprint density at radius 3 is 2.71 bits per heavy atom. The zero-order chi connectivity index (χ0) is 20.0. The van der Waals surface area contributed by atoms with Gasteiger partial charge in [0.25, 0.3) is 5.91 Å². The number of carbonyl (C=O) groups is 2. The van der Waals surface area contributed by atoms with E-state index in [1.807, 2.05) is 55.0 Å². The molecule has 0 spiro atoms. The maximum absolute atomic E-state index is 13.2. The Bertz CT molecular complexity index is 880. The SMILES string of the molecule is CCOCCN1C(=O)C2C(N=C3N(c4cccc(C)c4)C(C)=CN32)N(C)C1=O. The number of likely N-dealkylation sites (N-methyl/N-ethyl adjacent to an activating group) is 1. The van der Waals surface area contributed by atoms with E-state index in [1.165, 1.54) is 4.90 Å². The van der Waals surface area contributed by atoms with Gasteiger partial charge in [0.15, 0.2) is 12.2 Å². The van der Waals surface area contributed by atoms with E-state index in [0.717, 1.165) is 16.9 Å². The quantitative estimate of drug-likeness (QED) is 0.727. The number of carbonyl (C=O) groups excluding carboxylic acids is 2. The number of ether oxygens (including phenoxy) is 1. The van der Waals surface area contributed by atoms with E-state index in [-0.39, 0.29) is 18.5 Å². The number of anilines is 1. The van der Waals surface area contributed by atoms with Crippen molar-refractivity contribution in [1.82, 2.24) is 14.7 Å². The number of benzene rings is 1. The highest BCUT2D eigenvalue weighted by Gasteiger charge is 2.54. The van der Waals surface area contributed by atoms with Crippen LogP contribution in [-0.4, -0.2) is 71.6 Å². The van der Waals surface area contributed by atoms with Gasteiger partial charge in [-0.05, 0) is 38.5 Å². The zero-order valence-corrected chi connectivity index (χ0v) is 16.6. The second kappa shape index (κ2) is 6.94. The van der Waals surface area contributed by atoms with Crippen LogP contribution in [0.4, 0.5) is 10.5 Å². The largest absolute Gasteiger partial charge is 0.380 e. The molecule has 28 heavy (non-hydrogen) atoms. The molecule has 3 amide bonds. The van der Waals surface area contributed by atoms with Gasteiger partial charge in [0.2, 0.25) is 5.96 Å². The van der Waals surface area contributed by atoms with Gasteiger partial charge < -0.3 is 14.5 Å². The molecule has 0 radical (unpaired) electrons. The normalized spacial score (nSPS) is 23.9. The van der Waals surface area contributed by atoms with Crippen LogP contribution in [-0.2, 0) is 9.53 Å². The van der Waals surface area contributed by atoms with E-state index >= 15 is 0 Å². The van der Waals surface area contributed by atoms with Gasteiger partial charge in [-0.15, -0.1) is 0 Å². The number of amides is 3. The molecule has 148 valence electrons. The first-order valence-corrected chi connectivity index (χ1v) is 9.51. The van der Waals surface area contributed by atoms with Crippen molar-refractivity contribution in [2.45, 2.75) is 33.0 Å². The summed E-state index contributed by atoms with van der Waals surface area (Å²) in [5.74, 6) is 0.444. The third-order valence-electron chi connectivity index (χ3n) is 5.31. The Morgan fingerprint density at radius 1 is 1.21 bits per heavy atom. The maximum Gasteiger partial charge on any atom is 0.328 e. The minimum absolute atomic E-state index is 0.235. The minimum atomic E-state index is -0.552. The summed E-state index contributed by atoms with van der Waals surface area (Å²) in [4.78, 5) is 37.4. The fourth-order valence-corrected chi connectivity index (χ4v) is 3.95. The van der Waals surface area contributed by atoms with Crippen molar-refractivity contribution in [3.05, 3.63) is 41.7 Å². The molecule has 8 heteroatoms. The number of aryl methyl sites for hydroxylation is 1. The molecule has 1 aromatic rings. The molecule has 2 atom stereocenters. The van der Waals surface area contributed by atoms with Crippen molar-refractivity contribution in [1.29, 1.82) is 0 Å². The molecular weight excluding hydrogens is 358 g/mol. The Labute approximate surface area is 164 Å². The van der Waals surface area contributed by atoms with E-state index in [0.29, 0.717) is 19.2 Å². The van der Waals surface area contributed by atoms with Crippen LogP contribution in [0.1, 0.15) is 19.4 Å². The number of urea groups is 1. The van der Waals surface area contributed by atoms with Crippen molar-refractivity contribution < 1.29 is 14.3 Å². The molecule has 1 aromatic carbocycles. The lowest BCUT2D eigenvalue weighted by atomic mass is 10.1. The van der Waals surface area contributed by atoms with Crippen LogP contribution < -0.4 is 4.90 Å². The summed E-state index contributed by atoms with van der Waals surface area (Å²) < 4.78 is 5.34. The summed E-state index contributed by atoms with van der Waals surface area (Å²) in [6.45, 7) is 7.04. The Morgan fingerprint density at radius 2 is 2.00 bits per heavy atom.